The number of hydrogen-bond acceptors (Lipinski definition) is 2. The minimum Gasteiger partial charge on any atom is -0.356 e. The molecular weight excluding hydrogens is 252 g/mol. The van der Waals surface area contributed by atoms with Gasteiger partial charge in [-0.15, -0.1) is 0 Å². The quantitative estimate of drug-likeness (QED) is 0.824. The van der Waals surface area contributed by atoms with E-state index in [1.165, 1.54) is 32.1 Å². The Morgan fingerprint density at radius 3 is 2.75 bits per heavy atom. The summed E-state index contributed by atoms with van der Waals surface area (Å²) >= 11 is 0. The zero-order valence-electron chi connectivity index (χ0n) is 12.4. The Morgan fingerprint density at radius 2 is 2.05 bits per heavy atom. The predicted octanol–water partition coefficient (Wildman–Crippen LogP) is 1.84. The number of hydrogen-bond donors (Lipinski definition) is 2. The molecule has 0 spiro atoms. The van der Waals surface area contributed by atoms with Crippen LogP contribution in [0.15, 0.2) is 0 Å². The average molecular weight is 278 g/mol. The molecule has 1 heterocycles. The number of carbonyl (C=O) groups is 2. The molecule has 112 valence electrons. The molecule has 0 bridgehead atoms. The van der Waals surface area contributed by atoms with Gasteiger partial charge in [0.25, 0.3) is 0 Å². The van der Waals surface area contributed by atoms with E-state index in [1.807, 2.05) is 6.92 Å². The van der Waals surface area contributed by atoms with Gasteiger partial charge in [0.05, 0.1) is 0 Å². The molecule has 3 fully saturated rings. The monoisotopic (exact) mass is 278 g/mol. The van der Waals surface area contributed by atoms with Crippen LogP contribution < -0.4 is 10.6 Å². The Kier molecular flexibility index (Phi) is 3.99. The molecule has 4 heteroatoms. The first-order valence-corrected chi connectivity index (χ1v) is 8.20. The number of nitrogens with one attached hydrogen (secondary N) is 2. The summed E-state index contributed by atoms with van der Waals surface area (Å²) in [5.74, 6) is 2.48. The Labute approximate surface area is 121 Å². The van der Waals surface area contributed by atoms with Crippen molar-refractivity contribution in [2.24, 2.45) is 23.7 Å². The number of piperidine rings is 1. The van der Waals surface area contributed by atoms with Gasteiger partial charge in [0.2, 0.25) is 11.8 Å². The van der Waals surface area contributed by atoms with Gasteiger partial charge in [-0.3, -0.25) is 9.59 Å². The fraction of sp³-hybridized carbons (Fsp3) is 0.875. The standard InChI is InChI=1S/C16H26N2O2/c1-10-6-12(8-15(19)18-10)16(20)17-9-13-7-14(13)11-4-2-3-5-11/h10-14H,2-9H2,1H3,(H,17,20)(H,18,19)/t10-,12+,13?,14?/m1/s1. The maximum absolute atomic E-state index is 12.2. The van der Waals surface area contributed by atoms with Crippen LogP contribution in [-0.2, 0) is 9.59 Å². The molecule has 0 radical (unpaired) electrons. The van der Waals surface area contributed by atoms with Crippen molar-refractivity contribution >= 4 is 11.8 Å². The van der Waals surface area contributed by atoms with Crippen LogP contribution in [0.1, 0.15) is 51.9 Å². The zero-order chi connectivity index (χ0) is 14.1. The van der Waals surface area contributed by atoms with Gasteiger partial charge in [0.15, 0.2) is 0 Å². The first kappa shape index (κ1) is 13.9. The molecule has 2 aliphatic carbocycles. The number of amides is 2. The fourth-order valence-corrected chi connectivity index (χ4v) is 4.17. The van der Waals surface area contributed by atoms with E-state index in [4.69, 9.17) is 0 Å². The van der Waals surface area contributed by atoms with Crippen molar-refractivity contribution < 1.29 is 9.59 Å². The van der Waals surface area contributed by atoms with Crippen molar-refractivity contribution in [3.05, 3.63) is 0 Å². The number of rotatable bonds is 4. The summed E-state index contributed by atoms with van der Waals surface area (Å²) in [4.78, 5) is 23.6. The summed E-state index contributed by atoms with van der Waals surface area (Å²) in [6.45, 7) is 2.79. The Morgan fingerprint density at radius 1 is 1.30 bits per heavy atom. The maximum atomic E-state index is 12.2. The molecule has 4 nitrogen and oxygen atoms in total. The molecule has 3 rings (SSSR count). The zero-order valence-corrected chi connectivity index (χ0v) is 12.4. The van der Waals surface area contributed by atoms with Gasteiger partial charge in [-0.25, -0.2) is 0 Å². The van der Waals surface area contributed by atoms with Crippen LogP contribution in [0.4, 0.5) is 0 Å². The second-order valence-electron chi connectivity index (χ2n) is 7.05. The normalized spacial score (nSPS) is 37.5. The highest BCUT2D eigenvalue weighted by atomic mass is 16.2. The van der Waals surface area contributed by atoms with E-state index >= 15 is 0 Å². The second-order valence-corrected chi connectivity index (χ2v) is 7.05. The van der Waals surface area contributed by atoms with E-state index < -0.39 is 0 Å². The molecular formula is C16H26N2O2. The van der Waals surface area contributed by atoms with E-state index in [-0.39, 0.29) is 23.8 Å². The van der Waals surface area contributed by atoms with Crippen LogP contribution in [0.5, 0.6) is 0 Å². The Bertz CT molecular complexity index is 390. The predicted molar refractivity (Wildman–Crippen MR) is 76.9 cm³/mol. The first-order chi connectivity index (χ1) is 9.63. The van der Waals surface area contributed by atoms with Crippen molar-refractivity contribution in [3.8, 4) is 0 Å². The molecule has 0 aromatic carbocycles. The van der Waals surface area contributed by atoms with Crippen molar-refractivity contribution in [1.29, 1.82) is 0 Å². The summed E-state index contributed by atoms with van der Waals surface area (Å²) < 4.78 is 0. The third-order valence-electron chi connectivity index (χ3n) is 5.37. The lowest BCUT2D eigenvalue weighted by atomic mass is 9.92. The molecule has 2 N–H and O–H groups in total. The smallest absolute Gasteiger partial charge is 0.223 e. The van der Waals surface area contributed by atoms with Crippen LogP contribution in [0, 0.1) is 23.7 Å². The highest BCUT2D eigenvalue weighted by molar-refractivity contribution is 5.87. The highest BCUT2D eigenvalue weighted by Gasteiger charge is 2.43. The summed E-state index contributed by atoms with van der Waals surface area (Å²) in [5, 5.41) is 5.96. The van der Waals surface area contributed by atoms with Crippen LogP contribution in [0.2, 0.25) is 0 Å². The minimum atomic E-state index is -0.123. The summed E-state index contributed by atoms with van der Waals surface area (Å²) in [7, 11) is 0. The van der Waals surface area contributed by atoms with Gasteiger partial charge in [0.1, 0.15) is 0 Å². The van der Waals surface area contributed by atoms with Gasteiger partial charge in [-0.05, 0) is 37.5 Å². The second kappa shape index (κ2) is 5.74. The molecule has 0 aromatic heterocycles. The lowest BCUT2D eigenvalue weighted by Crippen LogP contribution is -2.45. The molecule has 1 saturated heterocycles. The average Bonchev–Trinajstić information content (AvgIpc) is 2.96. The van der Waals surface area contributed by atoms with Crippen molar-refractivity contribution in [3.63, 3.8) is 0 Å². The maximum Gasteiger partial charge on any atom is 0.223 e. The van der Waals surface area contributed by atoms with Gasteiger partial charge in [-0.2, -0.15) is 0 Å². The van der Waals surface area contributed by atoms with Crippen LogP contribution in [-0.4, -0.2) is 24.4 Å². The van der Waals surface area contributed by atoms with E-state index in [2.05, 4.69) is 10.6 Å². The van der Waals surface area contributed by atoms with E-state index in [1.54, 1.807) is 0 Å². The number of carbonyl (C=O) groups excluding carboxylic acids is 2. The SMILES string of the molecule is C[C@@H]1C[C@H](C(=O)NCC2CC2C2CCCC2)CC(=O)N1. The van der Waals surface area contributed by atoms with Crippen LogP contribution in [0.3, 0.4) is 0 Å². The third kappa shape index (κ3) is 3.15. The van der Waals surface area contributed by atoms with E-state index in [0.717, 1.165) is 24.8 Å². The summed E-state index contributed by atoms with van der Waals surface area (Å²) in [6, 6.07) is 0.124. The Hall–Kier alpha value is -1.06. The van der Waals surface area contributed by atoms with Gasteiger partial charge in [-0.1, -0.05) is 25.7 Å². The molecule has 4 atom stereocenters. The van der Waals surface area contributed by atoms with Crippen molar-refractivity contribution in [2.75, 3.05) is 6.54 Å². The summed E-state index contributed by atoms with van der Waals surface area (Å²) in [6.07, 6.45) is 8.02. The molecule has 20 heavy (non-hydrogen) atoms. The molecule has 2 unspecified atom stereocenters. The lowest BCUT2D eigenvalue weighted by molar-refractivity contribution is -0.133. The van der Waals surface area contributed by atoms with E-state index in [0.29, 0.717) is 12.3 Å². The van der Waals surface area contributed by atoms with Crippen molar-refractivity contribution in [2.45, 2.75) is 57.9 Å². The lowest BCUT2D eigenvalue weighted by Gasteiger charge is -2.26. The van der Waals surface area contributed by atoms with Gasteiger partial charge >= 0.3 is 0 Å². The molecule has 2 saturated carbocycles. The third-order valence-corrected chi connectivity index (χ3v) is 5.37. The molecule has 0 aromatic rings. The molecule has 3 aliphatic rings. The van der Waals surface area contributed by atoms with Crippen LogP contribution in [0.25, 0.3) is 0 Å². The Balaban J connectivity index is 1.40. The highest BCUT2D eigenvalue weighted by Crippen LogP contribution is 2.49. The van der Waals surface area contributed by atoms with Crippen LogP contribution >= 0.6 is 0 Å². The molecule has 1 aliphatic heterocycles. The minimum absolute atomic E-state index is 0.0131. The van der Waals surface area contributed by atoms with Crippen molar-refractivity contribution in [1.82, 2.24) is 10.6 Å². The molecule has 2 amide bonds. The largest absolute Gasteiger partial charge is 0.356 e. The summed E-state index contributed by atoms with van der Waals surface area (Å²) in [5.41, 5.74) is 0. The fourth-order valence-electron chi connectivity index (χ4n) is 4.17. The first-order valence-electron chi connectivity index (χ1n) is 8.20. The van der Waals surface area contributed by atoms with Gasteiger partial charge in [0, 0.05) is 24.9 Å². The van der Waals surface area contributed by atoms with Gasteiger partial charge < -0.3 is 10.6 Å². The van der Waals surface area contributed by atoms with E-state index in [9.17, 15) is 9.59 Å². The topological polar surface area (TPSA) is 58.2 Å².